The van der Waals surface area contributed by atoms with Crippen molar-refractivity contribution in [1.29, 1.82) is 0 Å². The number of carbonyl (C=O) groups excluding carboxylic acids is 2. The molecule has 11 nitrogen and oxygen atoms in total. The Morgan fingerprint density at radius 2 is 1.97 bits per heavy atom. The van der Waals surface area contributed by atoms with Crippen molar-refractivity contribution in [2.24, 2.45) is 0 Å². The SMILES string of the molecule is CCn1c(CNC(=O)c2nc(Cl)cnc2N)[n+](CC)c2cc(C(=O)NCCOCP(C)(C)=O)ccc21. The number of rotatable bonds is 11. The molecule has 3 aromatic rings. The lowest BCUT2D eigenvalue weighted by Crippen LogP contribution is -2.40. The molecule has 0 atom stereocenters. The molecule has 2 amide bonds. The smallest absolute Gasteiger partial charge is 0.277 e. The molecule has 4 N–H and O–H groups in total. The van der Waals surface area contributed by atoms with E-state index in [-0.39, 0.29) is 42.1 Å². The number of ether oxygens (including phenoxy) is 1. The molecule has 36 heavy (non-hydrogen) atoms. The molecule has 0 aliphatic carbocycles. The van der Waals surface area contributed by atoms with Gasteiger partial charge >= 0.3 is 0 Å². The second-order valence-electron chi connectivity index (χ2n) is 8.58. The minimum absolute atomic E-state index is 0.00393. The first-order chi connectivity index (χ1) is 17.1. The first-order valence-corrected chi connectivity index (χ1v) is 14.7. The normalized spacial score (nSPS) is 11.6. The predicted octanol–water partition coefficient (Wildman–Crippen LogP) is 2.25. The molecule has 13 heteroatoms. The van der Waals surface area contributed by atoms with Crippen LogP contribution in [0.3, 0.4) is 0 Å². The van der Waals surface area contributed by atoms with E-state index in [4.69, 9.17) is 22.1 Å². The highest BCUT2D eigenvalue weighted by Gasteiger charge is 2.25. The maximum atomic E-state index is 12.7. The molecule has 0 spiro atoms. The summed E-state index contributed by atoms with van der Waals surface area (Å²) in [6.45, 7) is 9.42. The third-order valence-electron chi connectivity index (χ3n) is 5.40. The van der Waals surface area contributed by atoms with Crippen molar-refractivity contribution >= 4 is 47.4 Å². The molecule has 0 fully saturated rings. The summed E-state index contributed by atoms with van der Waals surface area (Å²) in [6, 6.07) is 5.49. The minimum atomic E-state index is -2.25. The van der Waals surface area contributed by atoms with Gasteiger partial charge in [-0.2, -0.15) is 0 Å². The second-order valence-corrected chi connectivity index (χ2v) is 12.4. The monoisotopic (exact) mass is 536 g/mol. The lowest BCUT2D eigenvalue weighted by molar-refractivity contribution is -0.676. The summed E-state index contributed by atoms with van der Waals surface area (Å²) in [5.41, 5.74) is 8.06. The number of aromatic nitrogens is 4. The van der Waals surface area contributed by atoms with E-state index in [0.717, 1.165) is 16.9 Å². The largest absolute Gasteiger partial charge is 0.382 e. The van der Waals surface area contributed by atoms with E-state index in [1.165, 1.54) is 6.20 Å². The second kappa shape index (κ2) is 11.8. The van der Waals surface area contributed by atoms with Gasteiger partial charge in [-0.25, -0.2) is 19.1 Å². The number of benzene rings is 1. The number of nitrogen functional groups attached to an aromatic ring is 1. The van der Waals surface area contributed by atoms with E-state index in [1.807, 2.05) is 30.5 Å². The van der Waals surface area contributed by atoms with E-state index in [9.17, 15) is 14.2 Å². The zero-order valence-electron chi connectivity index (χ0n) is 20.9. The van der Waals surface area contributed by atoms with Crippen molar-refractivity contribution in [3.63, 3.8) is 0 Å². The van der Waals surface area contributed by atoms with Crippen molar-refractivity contribution in [2.45, 2.75) is 33.5 Å². The van der Waals surface area contributed by atoms with Crippen LogP contribution >= 0.6 is 18.7 Å². The number of amides is 2. The van der Waals surface area contributed by atoms with E-state index in [2.05, 4.69) is 25.2 Å². The van der Waals surface area contributed by atoms with Crippen LogP contribution in [-0.2, 0) is 28.9 Å². The van der Waals surface area contributed by atoms with Crippen LogP contribution in [0.1, 0.15) is 40.5 Å². The van der Waals surface area contributed by atoms with Crippen molar-refractivity contribution < 1.29 is 23.5 Å². The highest BCUT2D eigenvalue weighted by molar-refractivity contribution is 7.62. The van der Waals surface area contributed by atoms with Gasteiger partial charge in [-0.15, -0.1) is 0 Å². The van der Waals surface area contributed by atoms with Gasteiger partial charge in [0.1, 0.15) is 18.8 Å². The average Bonchev–Trinajstić information content (AvgIpc) is 3.14. The van der Waals surface area contributed by atoms with Gasteiger partial charge in [-0.05, 0) is 39.3 Å². The van der Waals surface area contributed by atoms with Gasteiger partial charge < -0.3 is 25.7 Å². The van der Waals surface area contributed by atoms with Crippen LogP contribution < -0.4 is 20.9 Å². The molecule has 0 aliphatic heterocycles. The number of hydrogen-bond donors (Lipinski definition) is 3. The molecule has 0 radical (unpaired) electrons. The zero-order valence-corrected chi connectivity index (χ0v) is 22.5. The van der Waals surface area contributed by atoms with E-state index < -0.39 is 13.0 Å². The number of nitrogens with one attached hydrogen (secondary N) is 2. The Bertz CT molecular complexity index is 1320. The van der Waals surface area contributed by atoms with Crippen LogP contribution in [0.2, 0.25) is 5.15 Å². The van der Waals surface area contributed by atoms with Crippen LogP contribution in [0, 0.1) is 0 Å². The Kier molecular flexibility index (Phi) is 9.05. The molecule has 0 unspecified atom stereocenters. The highest BCUT2D eigenvalue weighted by atomic mass is 35.5. The number of fused-ring (bicyclic) bond motifs is 1. The van der Waals surface area contributed by atoms with E-state index in [0.29, 0.717) is 25.2 Å². The molecule has 3 rings (SSSR count). The fourth-order valence-corrected chi connectivity index (χ4v) is 4.54. The highest BCUT2D eigenvalue weighted by Crippen LogP contribution is 2.35. The molecule has 0 saturated carbocycles. The number of carbonyl (C=O) groups is 2. The summed E-state index contributed by atoms with van der Waals surface area (Å²) < 4.78 is 21.2. The van der Waals surface area contributed by atoms with Crippen molar-refractivity contribution in [3.05, 3.63) is 46.6 Å². The predicted molar refractivity (Wildman–Crippen MR) is 139 cm³/mol. The van der Waals surface area contributed by atoms with E-state index >= 15 is 0 Å². The number of halogens is 1. The maximum Gasteiger partial charge on any atom is 0.277 e. The van der Waals surface area contributed by atoms with Crippen LogP contribution in [0.25, 0.3) is 11.0 Å². The third kappa shape index (κ3) is 6.60. The Balaban J connectivity index is 1.79. The third-order valence-corrected chi connectivity index (χ3v) is 6.39. The molecule has 2 aromatic heterocycles. The molecular formula is C23H32ClN7O4P+. The summed E-state index contributed by atoms with van der Waals surface area (Å²) in [5, 5.41) is 5.75. The lowest BCUT2D eigenvalue weighted by Gasteiger charge is -2.09. The molecule has 0 saturated heterocycles. The average molecular weight is 537 g/mol. The topological polar surface area (TPSA) is 145 Å². The first-order valence-electron chi connectivity index (χ1n) is 11.6. The molecule has 2 heterocycles. The van der Waals surface area contributed by atoms with E-state index in [1.54, 1.807) is 19.4 Å². The molecule has 0 aliphatic rings. The van der Waals surface area contributed by atoms with Crippen LogP contribution in [0.15, 0.2) is 24.4 Å². The number of imidazole rings is 1. The number of aryl methyl sites for hydroxylation is 2. The van der Waals surface area contributed by atoms with Crippen LogP contribution in [-0.4, -0.2) is 59.2 Å². The fraction of sp³-hybridized carbons (Fsp3) is 0.435. The molecule has 0 bridgehead atoms. The summed E-state index contributed by atoms with van der Waals surface area (Å²) >= 11 is 5.86. The van der Waals surface area contributed by atoms with Gasteiger partial charge in [0.15, 0.2) is 22.5 Å². The van der Waals surface area contributed by atoms with Crippen molar-refractivity contribution in [1.82, 2.24) is 25.2 Å². The van der Waals surface area contributed by atoms with Gasteiger partial charge in [-0.3, -0.25) is 9.59 Å². The lowest BCUT2D eigenvalue weighted by atomic mass is 10.2. The van der Waals surface area contributed by atoms with Gasteiger partial charge in [0, 0.05) is 18.2 Å². The first kappa shape index (κ1) is 27.6. The van der Waals surface area contributed by atoms with Crippen LogP contribution in [0.5, 0.6) is 0 Å². The quantitative estimate of drug-likeness (QED) is 0.193. The van der Waals surface area contributed by atoms with Crippen LogP contribution in [0.4, 0.5) is 5.82 Å². The Labute approximate surface area is 214 Å². The fourth-order valence-electron chi connectivity index (χ4n) is 3.84. The summed E-state index contributed by atoms with van der Waals surface area (Å²) in [7, 11) is -2.25. The Morgan fingerprint density at radius 3 is 2.64 bits per heavy atom. The van der Waals surface area contributed by atoms with Crippen molar-refractivity contribution in [2.75, 3.05) is 38.6 Å². The summed E-state index contributed by atoms with van der Waals surface area (Å²) in [6.07, 6.45) is 1.47. The van der Waals surface area contributed by atoms with Gasteiger partial charge in [0.25, 0.3) is 17.6 Å². The molecular weight excluding hydrogens is 505 g/mol. The van der Waals surface area contributed by atoms with Crippen molar-refractivity contribution in [3.8, 4) is 0 Å². The maximum absolute atomic E-state index is 12.7. The summed E-state index contributed by atoms with van der Waals surface area (Å²) in [4.78, 5) is 33.3. The number of anilines is 1. The Hall–Kier alpha value is -3.01. The van der Waals surface area contributed by atoms with Gasteiger partial charge in [0.05, 0.1) is 32.2 Å². The Morgan fingerprint density at radius 1 is 1.22 bits per heavy atom. The number of hydrogen-bond acceptors (Lipinski definition) is 7. The molecule has 194 valence electrons. The van der Waals surface area contributed by atoms with Gasteiger partial charge in [-0.1, -0.05) is 11.6 Å². The number of nitrogens with two attached hydrogens (primary N) is 1. The number of nitrogens with zero attached hydrogens (tertiary/aromatic N) is 4. The molecule has 1 aromatic carbocycles. The zero-order chi connectivity index (χ0) is 26.5. The summed E-state index contributed by atoms with van der Waals surface area (Å²) in [5.74, 6) is 0.137. The van der Waals surface area contributed by atoms with Gasteiger partial charge in [0.2, 0.25) is 0 Å². The minimum Gasteiger partial charge on any atom is -0.382 e. The standard InChI is InChI=1S/C23H31ClN7O4P/c1-5-30-16-8-7-15(22(32)26-9-10-35-14-36(3,4)34)11-17(16)31(6-2)19(30)13-28-23(33)20-21(25)27-12-18(24)29-20/h7-8,11-12H,5-6,9-10,13-14H2,1-4H3,(H3-,25,26,27,28,32,33)/p+1.